The zero-order valence-electron chi connectivity index (χ0n) is 13.0. The van der Waals surface area contributed by atoms with Crippen LogP contribution in [0.3, 0.4) is 0 Å². The van der Waals surface area contributed by atoms with Crippen molar-refractivity contribution in [2.45, 2.75) is 39.7 Å². The Morgan fingerprint density at radius 1 is 1.30 bits per heavy atom. The summed E-state index contributed by atoms with van der Waals surface area (Å²) in [4.78, 5) is 0. The molecule has 0 saturated carbocycles. The van der Waals surface area contributed by atoms with E-state index in [9.17, 15) is 0 Å². The molecule has 0 radical (unpaired) electrons. The minimum Gasteiger partial charge on any atom is -0.493 e. The zero-order chi connectivity index (χ0) is 14.8. The molecule has 0 heterocycles. The summed E-state index contributed by atoms with van der Waals surface area (Å²) in [5.41, 5.74) is 2.35. The molecule has 1 aromatic rings. The predicted molar refractivity (Wildman–Crippen MR) is 84.7 cm³/mol. The smallest absolute Gasteiger partial charge is 0.164 e. The van der Waals surface area contributed by atoms with Crippen LogP contribution in [0.4, 0.5) is 0 Å². The second kappa shape index (κ2) is 9.43. The number of methoxy groups -OCH3 is 1. The van der Waals surface area contributed by atoms with Crippen molar-refractivity contribution in [3.05, 3.63) is 35.9 Å². The first-order valence-electron chi connectivity index (χ1n) is 7.40. The number of hydrogen-bond acceptors (Lipinski definition) is 3. The first-order valence-corrected chi connectivity index (χ1v) is 7.40. The van der Waals surface area contributed by atoms with E-state index in [2.05, 4.69) is 31.0 Å². The number of allylic oxidation sites excluding steroid dienone is 1. The molecule has 0 unspecified atom stereocenters. The molecule has 20 heavy (non-hydrogen) atoms. The largest absolute Gasteiger partial charge is 0.493 e. The van der Waals surface area contributed by atoms with Gasteiger partial charge in [0.05, 0.1) is 13.7 Å². The zero-order valence-corrected chi connectivity index (χ0v) is 13.0. The van der Waals surface area contributed by atoms with Gasteiger partial charge in [-0.05, 0) is 37.9 Å². The lowest BCUT2D eigenvalue weighted by Crippen LogP contribution is -2.15. The van der Waals surface area contributed by atoms with E-state index in [1.165, 1.54) is 18.4 Å². The highest BCUT2D eigenvalue weighted by Gasteiger charge is 2.12. The van der Waals surface area contributed by atoms with Gasteiger partial charge in [0.15, 0.2) is 11.5 Å². The molecule has 0 amide bonds. The molecule has 1 aromatic carbocycles. The summed E-state index contributed by atoms with van der Waals surface area (Å²) >= 11 is 0. The molecule has 0 aromatic heterocycles. The van der Waals surface area contributed by atoms with Crippen LogP contribution in [0.2, 0.25) is 0 Å². The van der Waals surface area contributed by atoms with Gasteiger partial charge >= 0.3 is 0 Å². The monoisotopic (exact) mass is 277 g/mol. The van der Waals surface area contributed by atoms with Crippen molar-refractivity contribution in [2.75, 3.05) is 20.3 Å². The molecule has 1 rings (SSSR count). The van der Waals surface area contributed by atoms with Gasteiger partial charge in [0.2, 0.25) is 0 Å². The third-order valence-electron chi connectivity index (χ3n) is 3.10. The van der Waals surface area contributed by atoms with Gasteiger partial charge in [0.25, 0.3) is 0 Å². The van der Waals surface area contributed by atoms with Crippen LogP contribution in [0.1, 0.15) is 37.8 Å². The Balaban J connectivity index is 2.90. The highest BCUT2D eigenvalue weighted by atomic mass is 16.5. The number of rotatable bonds is 10. The Kier molecular flexibility index (Phi) is 7.81. The Morgan fingerprint density at radius 2 is 2.10 bits per heavy atom. The Hall–Kier alpha value is -1.48. The van der Waals surface area contributed by atoms with E-state index in [1.807, 2.05) is 13.0 Å². The fraction of sp³-hybridized carbons (Fsp3) is 0.529. The molecule has 0 aliphatic rings. The van der Waals surface area contributed by atoms with Gasteiger partial charge in [-0.1, -0.05) is 25.5 Å². The van der Waals surface area contributed by atoms with Crippen molar-refractivity contribution in [2.24, 2.45) is 0 Å². The topological polar surface area (TPSA) is 30.5 Å². The van der Waals surface area contributed by atoms with Gasteiger partial charge in [-0.2, -0.15) is 0 Å². The number of benzene rings is 1. The van der Waals surface area contributed by atoms with Crippen molar-refractivity contribution in [1.82, 2.24) is 5.32 Å². The molecule has 0 spiro atoms. The van der Waals surface area contributed by atoms with E-state index in [0.29, 0.717) is 6.61 Å². The van der Waals surface area contributed by atoms with Gasteiger partial charge in [-0.25, -0.2) is 0 Å². The third-order valence-corrected chi connectivity index (χ3v) is 3.10. The fourth-order valence-corrected chi connectivity index (χ4v) is 2.13. The maximum absolute atomic E-state index is 5.72. The molecule has 0 saturated heterocycles. The van der Waals surface area contributed by atoms with Crippen molar-refractivity contribution in [3.63, 3.8) is 0 Å². The normalized spacial score (nSPS) is 10.3. The molecule has 0 fully saturated rings. The van der Waals surface area contributed by atoms with E-state index < -0.39 is 0 Å². The maximum Gasteiger partial charge on any atom is 0.164 e. The first-order chi connectivity index (χ1) is 9.76. The Bertz CT molecular complexity index is 416. The second-order valence-electron chi connectivity index (χ2n) is 4.74. The molecule has 112 valence electrons. The average Bonchev–Trinajstić information content (AvgIpc) is 2.46. The standard InChI is InChI=1S/C17H27NO2/c1-5-8-10-18-13-14-11-15(9-6-2)17(20-7-3)16(12-14)19-4/h6,11-12,18H,2,5,7-10,13H2,1,3-4H3. The third kappa shape index (κ3) is 4.89. The van der Waals surface area contributed by atoms with Crippen LogP contribution in [0.15, 0.2) is 24.8 Å². The van der Waals surface area contributed by atoms with E-state index in [-0.39, 0.29) is 0 Å². The molecule has 3 nitrogen and oxygen atoms in total. The van der Waals surface area contributed by atoms with E-state index in [0.717, 1.165) is 36.6 Å². The lowest BCUT2D eigenvalue weighted by Gasteiger charge is -2.16. The molecular weight excluding hydrogens is 250 g/mol. The van der Waals surface area contributed by atoms with Crippen molar-refractivity contribution >= 4 is 0 Å². The number of ether oxygens (including phenoxy) is 2. The number of nitrogens with one attached hydrogen (secondary N) is 1. The summed E-state index contributed by atoms with van der Waals surface area (Å²) < 4.78 is 11.2. The first kappa shape index (κ1) is 16.6. The molecule has 3 heteroatoms. The summed E-state index contributed by atoms with van der Waals surface area (Å²) in [5.74, 6) is 1.64. The van der Waals surface area contributed by atoms with E-state index >= 15 is 0 Å². The minimum absolute atomic E-state index is 0.634. The minimum atomic E-state index is 0.634. The molecular formula is C17H27NO2. The highest BCUT2D eigenvalue weighted by Crippen LogP contribution is 2.33. The van der Waals surface area contributed by atoms with E-state index in [1.54, 1.807) is 7.11 Å². The highest BCUT2D eigenvalue weighted by molar-refractivity contribution is 5.50. The van der Waals surface area contributed by atoms with Gasteiger partial charge in [-0.15, -0.1) is 6.58 Å². The van der Waals surface area contributed by atoms with Crippen LogP contribution < -0.4 is 14.8 Å². The second-order valence-corrected chi connectivity index (χ2v) is 4.74. The fourth-order valence-electron chi connectivity index (χ4n) is 2.13. The SMILES string of the molecule is C=CCc1cc(CNCCCC)cc(OC)c1OCC. The van der Waals surface area contributed by atoms with Crippen LogP contribution in [0.5, 0.6) is 11.5 Å². The maximum atomic E-state index is 5.72. The van der Waals surface area contributed by atoms with Gasteiger partial charge < -0.3 is 14.8 Å². The molecule has 0 aliphatic heterocycles. The van der Waals surface area contributed by atoms with Crippen LogP contribution in [-0.2, 0) is 13.0 Å². The molecule has 1 N–H and O–H groups in total. The van der Waals surface area contributed by atoms with Crippen LogP contribution >= 0.6 is 0 Å². The molecule has 0 aliphatic carbocycles. The summed E-state index contributed by atoms with van der Waals surface area (Å²) in [6.45, 7) is 10.5. The van der Waals surface area contributed by atoms with E-state index in [4.69, 9.17) is 9.47 Å². The lowest BCUT2D eigenvalue weighted by atomic mass is 10.1. The molecule has 0 atom stereocenters. The van der Waals surface area contributed by atoms with Crippen LogP contribution in [-0.4, -0.2) is 20.3 Å². The summed E-state index contributed by atoms with van der Waals surface area (Å²) in [6.07, 6.45) is 5.09. The van der Waals surface area contributed by atoms with Crippen LogP contribution in [0, 0.1) is 0 Å². The van der Waals surface area contributed by atoms with Gasteiger partial charge in [0, 0.05) is 12.1 Å². The van der Waals surface area contributed by atoms with Crippen LogP contribution in [0.25, 0.3) is 0 Å². The number of unbranched alkanes of at least 4 members (excludes halogenated alkanes) is 1. The summed E-state index contributed by atoms with van der Waals surface area (Å²) in [5, 5.41) is 3.45. The quantitative estimate of drug-likeness (QED) is 0.522. The number of hydrogen-bond donors (Lipinski definition) is 1. The Labute approximate surface area is 123 Å². The van der Waals surface area contributed by atoms with Crippen molar-refractivity contribution < 1.29 is 9.47 Å². The van der Waals surface area contributed by atoms with Gasteiger partial charge in [0.1, 0.15) is 0 Å². The summed E-state index contributed by atoms with van der Waals surface area (Å²) in [6, 6.07) is 4.23. The van der Waals surface area contributed by atoms with Crippen molar-refractivity contribution in [1.29, 1.82) is 0 Å². The average molecular weight is 277 g/mol. The molecule has 0 bridgehead atoms. The predicted octanol–water partition coefficient (Wildman–Crippen LogP) is 3.71. The van der Waals surface area contributed by atoms with Crippen molar-refractivity contribution in [3.8, 4) is 11.5 Å². The Morgan fingerprint density at radius 3 is 2.70 bits per heavy atom. The van der Waals surface area contributed by atoms with Gasteiger partial charge in [-0.3, -0.25) is 0 Å². The lowest BCUT2D eigenvalue weighted by molar-refractivity contribution is 0.308. The summed E-state index contributed by atoms with van der Waals surface area (Å²) in [7, 11) is 1.68.